The molecule has 132 valence electrons. The summed E-state index contributed by atoms with van der Waals surface area (Å²) in [4.78, 5) is 39.2. The number of hydrogen-bond donors (Lipinski definition) is 1. The van der Waals surface area contributed by atoms with Crippen LogP contribution < -0.4 is 10.2 Å². The second-order valence-electron chi connectivity index (χ2n) is 5.75. The maximum Gasteiger partial charge on any atom is 0.335 e. The Hall–Kier alpha value is -2.86. The number of carbonyl (C=O) groups is 3. The number of urea groups is 1. The average Bonchev–Trinajstić information content (AvgIpc) is 2.66. The lowest BCUT2D eigenvalue weighted by molar-refractivity contribution is -0.122. The van der Waals surface area contributed by atoms with Gasteiger partial charge in [0, 0.05) is 4.90 Å². The van der Waals surface area contributed by atoms with Crippen LogP contribution in [0.2, 0.25) is 0 Å². The van der Waals surface area contributed by atoms with E-state index in [0.29, 0.717) is 5.69 Å². The molecule has 1 aliphatic rings. The van der Waals surface area contributed by atoms with Gasteiger partial charge in [0.2, 0.25) is 0 Å². The Labute approximate surface area is 156 Å². The predicted octanol–water partition coefficient (Wildman–Crippen LogP) is 3.64. The number of nitrogens with zero attached hydrogens (tertiary/aromatic N) is 1. The molecule has 2 aromatic rings. The standard InChI is InChI=1S/C20H18N2O3S/c1-3-13-4-8-15(9-5-13)22-19(24)17(18(23)21-20(22)25)12-14-6-10-16(26-2)11-7-14/h4-12H,3H2,1-2H3,(H,21,23,25)/b17-12+. The van der Waals surface area contributed by atoms with Crippen molar-refractivity contribution in [2.45, 2.75) is 18.2 Å². The lowest BCUT2D eigenvalue weighted by Crippen LogP contribution is -2.54. The van der Waals surface area contributed by atoms with Gasteiger partial charge in [0.05, 0.1) is 5.69 Å². The highest BCUT2D eigenvalue weighted by atomic mass is 32.2. The number of imide groups is 2. The van der Waals surface area contributed by atoms with Crippen LogP contribution in [0.25, 0.3) is 6.08 Å². The number of barbiturate groups is 1. The minimum atomic E-state index is -0.737. The second-order valence-corrected chi connectivity index (χ2v) is 6.63. The van der Waals surface area contributed by atoms with Gasteiger partial charge in [-0.05, 0) is 54.1 Å². The first-order valence-electron chi connectivity index (χ1n) is 8.18. The molecule has 6 heteroatoms. The summed E-state index contributed by atoms with van der Waals surface area (Å²) in [6.07, 6.45) is 4.33. The van der Waals surface area contributed by atoms with Crippen LogP contribution in [-0.2, 0) is 16.0 Å². The van der Waals surface area contributed by atoms with Crippen molar-refractivity contribution in [1.82, 2.24) is 5.32 Å². The highest BCUT2D eigenvalue weighted by molar-refractivity contribution is 7.98. The predicted molar refractivity (Wildman–Crippen MR) is 103 cm³/mol. The van der Waals surface area contributed by atoms with Crippen LogP contribution in [0.4, 0.5) is 10.5 Å². The third-order valence-corrected chi connectivity index (χ3v) is 4.87. The second kappa shape index (κ2) is 7.58. The first kappa shape index (κ1) is 17.9. The molecule has 1 heterocycles. The normalized spacial score (nSPS) is 16.2. The highest BCUT2D eigenvalue weighted by Gasteiger charge is 2.36. The lowest BCUT2D eigenvalue weighted by Gasteiger charge is -2.26. The number of amides is 4. The van der Waals surface area contributed by atoms with Crippen molar-refractivity contribution >= 4 is 41.4 Å². The van der Waals surface area contributed by atoms with E-state index in [-0.39, 0.29) is 5.57 Å². The monoisotopic (exact) mass is 366 g/mol. The molecular formula is C20H18N2O3S. The van der Waals surface area contributed by atoms with E-state index in [2.05, 4.69) is 5.32 Å². The van der Waals surface area contributed by atoms with Gasteiger partial charge in [0.1, 0.15) is 5.57 Å². The van der Waals surface area contributed by atoms with Crippen LogP contribution in [0.1, 0.15) is 18.1 Å². The van der Waals surface area contributed by atoms with E-state index >= 15 is 0 Å². The number of benzene rings is 2. The zero-order valence-electron chi connectivity index (χ0n) is 14.5. The number of anilines is 1. The van der Waals surface area contributed by atoms with E-state index < -0.39 is 17.8 Å². The molecule has 4 amide bonds. The van der Waals surface area contributed by atoms with Crippen molar-refractivity contribution in [3.63, 3.8) is 0 Å². The maximum atomic E-state index is 12.8. The van der Waals surface area contributed by atoms with Gasteiger partial charge in [-0.1, -0.05) is 31.2 Å². The third-order valence-electron chi connectivity index (χ3n) is 4.13. The molecule has 1 saturated heterocycles. The number of rotatable bonds is 4. The topological polar surface area (TPSA) is 66.5 Å². The van der Waals surface area contributed by atoms with Crippen LogP contribution in [-0.4, -0.2) is 24.1 Å². The van der Waals surface area contributed by atoms with Crippen molar-refractivity contribution in [1.29, 1.82) is 0 Å². The van der Waals surface area contributed by atoms with Gasteiger partial charge in [-0.25, -0.2) is 9.69 Å². The Balaban J connectivity index is 1.95. The molecule has 5 nitrogen and oxygen atoms in total. The van der Waals surface area contributed by atoms with Crippen molar-refractivity contribution < 1.29 is 14.4 Å². The number of nitrogens with one attached hydrogen (secondary N) is 1. The summed E-state index contributed by atoms with van der Waals surface area (Å²) in [6.45, 7) is 2.02. The van der Waals surface area contributed by atoms with Gasteiger partial charge in [-0.3, -0.25) is 14.9 Å². The highest BCUT2D eigenvalue weighted by Crippen LogP contribution is 2.23. The maximum absolute atomic E-state index is 12.8. The van der Waals surface area contributed by atoms with Crippen LogP contribution in [0.5, 0.6) is 0 Å². The molecule has 0 spiro atoms. The van der Waals surface area contributed by atoms with Gasteiger partial charge < -0.3 is 0 Å². The molecule has 26 heavy (non-hydrogen) atoms. The zero-order valence-corrected chi connectivity index (χ0v) is 15.3. The fourth-order valence-corrected chi connectivity index (χ4v) is 3.05. The Morgan fingerprint density at radius 1 is 1.00 bits per heavy atom. The molecule has 0 radical (unpaired) electrons. The molecule has 2 aromatic carbocycles. The quantitative estimate of drug-likeness (QED) is 0.510. The Morgan fingerprint density at radius 2 is 1.65 bits per heavy atom. The van der Waals surface area contributed by atoms with Crippen molar-refractivity contribution in [2.75, 3.05) is 11.2 Å². The molecule has 0 saturated carbocycles. The molecule has 1 aliphatic heterocycles. The van der Waals surface area contributed by atoms with Gasteiger partial charge in [-0.15, -0.1) is 11.8 Å². The van der Waals surface area contributed by atoms with E-state index in [1.807, 2.05) is 49.6 Å². The summed E-state index contributed by atoms with van der Waals surface area (Å²) in [7, 11) is 0. The minimum Gasteiger partial charge on any atom is -0.273 e. The summed E-state index contributed by atoms with van der Waals surface area (Å²) in [5, 5.41) is 2.23. The smallest absolute Gasteiger partial charge is 0.273 e. The Bertz CT molecular complexity index is 886. The van der Waals surface area contributed by atoms with E-state index in [9.17, 15) is 14.4 Å². The van der Waals surface area contributed by atoms with Crippen LogP contribution in [0, 0.1) is 0 Å². The van der Waals surface area contributed by atoms with Gasteiger partial charge in [0.25, 0.3) is 11.8 Å². The summed E-state index contributed by atoms with van der Waals surface area (Å²) < 4.78 is 0. The SMILES string of the molecule is CCc1ccc(N2C(=O)NC(=O)/C(=C\c3ccc(SC)cc3)C2=O)cc1. The van der Waals surface area contributed by atoms with Crippen molar-refractivity contribution in [2.24, 2.45) is 0 Å². The minimum absolute atomic E-state index is 0.0685. The van der Waals surface area contributed by atoms with Gasteiger partial charge in [0.15, 0.2) is 0 Å². The molecular weight excluding hydrogens is 348 g/mol. The fourth-order valence-electron chi connectivity index (χ4n) is 2.64. The summed E-state index contributed by atoms with van der Waals surface area (Å²) in [5.74, 6) is -1.31. The van der Waals surface area contributed by atoms with E-state index in [1.165, 1.54) is 6.08 Å². The number of thioether (sulfide) groups is 1. The zero-order chi connectivity index (χ0) is 18.7. The largest absolute Gasteiger partial charge is 0.335 e. The van der Waals surface area contributed by atoms with E-state index in [4.69, 9.17) is 0 Å². The van der Waals surface area contributed by atoms with Crippen LogP contribution >= 0.6 is 11.8 Å². The molecule has 0 unspecified atom stereocenters. The molecule has 1 fully saturated rings. The summed E-state index contributed by atoms with van der Waals surface area (Å²) in [6, 6.07) is 13.9. The summed E-state index contributed by atoms with van der Waals surface area (Å²) in [5.41, 5.74) is 2.18. The number of aryl methyl sites for hydroxylation is 1. The number of hydrogen-bond acceptors (Lipinski definition) is 4. The van der Waals surface area contributed by atoms with Crippen LogP contribution in [0.3, 0.4) is 0 Å². The first-order valence-corrected chi connectivity index (χ1v) is 9.40. The fraction of sp³-hybridized carbons (Fsp3) is 0.150. The first-order chi connectivity index (χ1) is 12.5. The van der Waals surface area contributed by atoms with Gasteiger partial charge in [-0.2, -0.15) is 0 Å². The van der Waals surface area contributed by atoms with Crippen LogP contribution in [0.15, 0.2) is 59.0 Å². The summed E-state index contributed by atoms with van der Waals surface area (Å²) >= 11 is 1.61. The molecule has 0 aliphatic carbocycles. The van der Waals surface area contributed by atoms with Crippen molar-refractivity contribution in [3.05, 3.63) is 65.2 Å². The molecule has 0 aromatic heterocycles. The molecule has 0 atom stereocenters. The van der Waals surface area contributed by atoms with E-state index in [0.717, 1.165) is 27.3 Å². The molecule has 3 rings (SSSR count). The lowest BCUT2D eigenvalue weighted by atomic mass is 10.1. The van der Waals surface area contributed by atoms with Crippen molar-refractivity contribution in [3.8, 4) is 0 Å². The Morgan fingerprint density at radius 3 is 2.23 bits per heavy atom. The van der Waals surface area contributed by atoms with Gasteiger partial charge >= 0.3 is 6.03 Å². The Kier molecular flexibility index (Phi) is 5.23. The average molecular weight is 366 g/mol. The molecule has 1 N–H and O–H groups in total. The number of carbonyl (C=O) groups excluding carboxylic acids is 3. The van der Waals surface area contributed by atoms with E-state index in [1.54, 1.807) is 23.9 Å². The molecule has 0 bridgehead atoms. The third kappa shape index (κ3) is 3.55.